The average Bonchev–Trinajstić information content (AvgIpc) is 3.46. The number of ether oxygens (including phenoxy) is 2. The third-order valence-electron chi connectivity index (χ3n) is 7.67. The van der Waals surface area contributed by atoms with Crippen molar-refractivity contribution in [1.29, 1.82) is 0 Å². The van der Waals surface area contributed by atoms with Crippen molar-refractivity contribution in [2.75, 3.05) is 58.0 Å². The Morgan fingerprint density at radius 3 is 2.53 bits per heavy atom. The van der Waals surface area contributed by atoms with Crippen LogP contribution in [0.2, 0.25) is 5.02 Å². The molecule has 2 fully saturated rings. The summed E-state index contributed by atoms with van der Waals surface area (Å²) < 4.78 is 43.3. The van der Waals surface area contributed by atoms with Crippen LogP contribution in [-0.2, 0) is 19.6 Å². The minimum atomic E-state index is -4.29. The molecule has 11 nitrogen and oxygen atoms in total. The summed E-state index contributed by atoms with van der Waals surface area (Å²) in [7, 11) is -2.28. The molecule has 1 unspecified atom stereocenters. The first-order chi connectivity index (χ1) is 21.6. The predicted molar refractivity (Wildman–Crippen MR) is 177 cm³/mol. The topological polar surface area (TPSA) is 123 Å². The summed E-state index contributed by atoms with van der Waals surface area (Å²) in [5, 5.41) is 11.0. The van der Waals surface area contributed by atoms with Gasteiger partial charge in [-0.2, -0.15) is 8.42 Å². The fourth-order valence-corrected chi connectivity index (χ4v) is 7.56. The number of fused-ring (bicyclic) bond motifs is 1. The van der Waals surface area contributed by atoms with E-state index in [1.165, 1.54) is 24.3 Å². The Balaban J connectivity index is 1.39. The van der Waals surface area contributed by atoms with E-state index in [1.807, 2.05) is 36.2 Å². The second-order valence-corrected chi connectivity index (χ2v) is 13.9. The van der Waals surface area contributed by atoms with Crippen LogP contribution < -0.4 is 9.64 Å². The molecule has 0 aromatic heterocycles. The van der Waals surface area contributed by atoms with E-state index in [-0.39, 0.29) is 36.8 Å². The number of aliphatic hydroxyl groups is 1. The zero-order chi connectivity index (χ0) is 32.1. The van der Waals surface area contributed by atoms with Gasteiger partial charge < -0.3 is 24.4 Å². The molecule has 0 radical (unpaired) electrons. The number of anilines is 1. The summed E-state index contributed by atoms with van der Waals surface area (Å²) in [5.74, 6) is 0.287. The molecule has 1 atom stereocenters. The lowest BCUT2D eigenvalue weighted by Gasteiger charge is -2.38. The molecule has 2 saturated heterocycles. The summed E-state index contributed by atoms with van der Waals surface area (Å²) >= 11 is 13.7. The Hall–Kier alpha value is -2.69. The normalized spacial score (nSPS) is 21.0. The van der Waals surface area contributed by atoms with E-state index in [2.05, 4.69) is 9.80 Å². The van der Waals surface area contributed by atoms with Gasteiger partial charge in [-0.05, 0) is 99.7 Å². The minimum absolute atomic E-state index is 0.0889. The second kappa shape index (κ2) is 14.8. The monoisotopic (exact) mass is 694 g/mol. The average molecular weight is 695 g/mol. The molecule has 3 heterocycles. The number of thioether (sulfide) groups is 1. The van der Waals surface area contributed by atoms with E-state index >= 15 is 0 Å². The highest BCUT2D eigenvalue weighted by Gasteiger charge is 2.43. The van der Waals surface area contributed by atoms with Gasteiger partial charge in [0.25, 0.3) is 16.0 Å². The highest BCUT2D eigenvalue weighted by atomic mass is 35.5. The molecule has 5 rings (SSSR count). The van der Waals surface area contributed by atoms with Gasteiger partial charge in [-0.15, -0.1) is 0 Å². The molecule has 0 spiro atoms. The van der Waals surface area contributed by atoms with Crippen LogP contribution in [0, 0.1) is 0 Å². The maximum absolute atomic E-state index is 13.9. The number of aliphatic hydroxyl groups excluding tert-OH is 1. The number of halogens is 1. The molecule has 242 valence electrons. The zero-order valence-corrected chi connectivity index (χ0v) is 27.9. The highest BCUT2D eigenvalue weighted by molar-refractivity contribution is 8.03. The number of benzene rings is 2. The Labute approximate surface area is 277 Å². The van der Waals surface area contributed by atoms with E-state index < -0.39 is 10.1 Å². The number of thiocarbonyl (C=S) groups is 1. The molecule has 2 aromatic carbocycles. The molecule has 3 aliphatic heterocycles. The number of likely N-dealkylation sites (tertiary alicyclic amines) is 1. The summed E-state index contributed by atoms with van der Waals surface area (Å²) in [4.78, 5) is 22.4. The van der Waals surface area contributed by atoms with Gasteiger partial charge >= 0.3 is 0 Å². The van der Waals surface area contributed by atoms with Crippen LogP contribution in [0.3, 0.4) is 0 Å². The second-order valence-electron chi connectivity index (χ2n) is 10.6. The number of hydrogen-bond donors (Lipinski definition) is 2. The molecule has 1 amide bonds. The third kappa shape index (κ3) is 7.83. The molecular formula is C30H35ClN4O7S3. The van der Waals surface area contributed by atoms with E-state index in [1.54, 1.807) is 22.7 Å². The number of carbonyl (C=O) groups is 1. The largest absolute Gasteiger partial charge is 0.492 e. The van der Waals surface area contributed by atoms with Gasteiger partial charge in [0.2, 0.25) is 0 Å². The van der Waals surface area contributed by atoms with Gasteiger partial charge in [0.1, 0.15) is 18.1 Å². The van der Waals surface area contributed by atoms with E-state index in [0.717, 1.165) is 41.4 Å². The van der Waals surface area contributed by atoms with Crippen molar-refractivity contribution in [3.05, 3.63) is 70.4 Å². The van der Waals surface area contributed by atoms with Crippen molar-refractivity contribution < 1.29 is 32.3 Å². The molecule has 0 bridgehead atoms. The predicted octanol–water partition coefficient (Wildman–Crippen LogP) is 4.18. The Morgan fingerprint density at radius 2 is 1.82 bits per heavy atom. The summed E-state index contributed by atoms with van der Waals surface area (Å²) in [5.41, 5.74) is 1.35. The molecule has 45 heavy (non-hydrogen) atoms. The lowest BCUT2D eigenvalue weighted by molar-refractivity contribution is -0.127. The molecule has 0 saturated carbocycles. The van der Waals surface area contributed by atoms with Crippen molar-refractivity contribution in [2.24, 2.45) is 0 Å². The number of rotatable bonds is 12. The van der Waals surface area contributed by atoms with Gasteiger partial charge in [0.05, 0.1) is 48.1 Å². The van der Waals surface area contributed by atoms with E-state index in [4.69, 9.17) is 38.4 Å². The molecule has 3 aliphatic rings. The van der Waals surface area contributed by atoms with Crippen LogP contribution >= 0.6 is 35.6 Å². The summed E-state index contributed by atoms with van der Waals surface area (Å²) in [6.45, 7) is 2.34. The van der Waals surface area contributed by atoms with E-state index in [9.17, 15) is 17.8 Å². The van der Waals surface area contributed by atoms with Crippen LogP contribution in [-0.4, -0.2) is 103 Å². The number of amides is 1. The van der Waals surface area contributed by atoms with Crippen molar-refractivity contribution in [3.8, 4) is 5.75 Å². The minimum Gasteiger partial charge on any atom is -0.492 e. The zero-order valence-electron chi connectivity index (χ0n) is 24.7. The van der Waals surface area contributed by atoms with Crippen molar-refractivity contribution in [3.63, 3.8) is 0 Å². The summed E-state index contributed by atoms with van der Waals surface area (Å²) in [6, 6.07) is 11.2. The SMILES string of the molecule is CN1CCCCC1N1C(=O)/C(=C\C=C2Sc3ccc(Cl)cc3N2CCOc2ccc(S(=O)(=O)O)cc2)N(CCOCCO)C1=S. The molecule has 0 aliphatic carbocycles. The number of carbonyl (C=O) groups excluding carboxylic acids is 1. The first kappa shape index (κ1) is 33.7. The van der Waals surface area contributed by atoms with Gasteiger partial charge in [-0.25, -0.2) is 0 Å². The van der Waals surface area contributed by atoms with E-state index in [0.29, 0.717) is 41.3 Å². The quantitative estimate of drug-likeness (QED) is 0.143. The Kier molecular flexibility index (Phi) is 11.1. The fourth-order valence-electron chi connectivity index (χ4n) is 5.45. The number of allylic oxidation sites excluding steroid dienone is 2. The number of hydrogen-bond acceptors (Lipinski definition) is 10. The molecule has 2 aromatic rings. The molecular weight excluding hydrogens is 660 g/mol. The fraction of sp³-hybridized carbons (Fsp3) is 0.400. The maximum Gasteiger partial charge on any atom is 0.294 e. The van der Waals surface area contributed by atoms with Gasteiger partial charge in [-0.1, -0.05) is 23.4 Å². The smallest absolute Gasteiger partial charge is 0.294 e. The highest BCUT2D eigenvalue weighted by Crippen LogP contribution is 2.47. The Morgan fingerprint density at radius 1 is 1.07 bits per heavy atom. The van der Waals surface area contributed by atoms with Crippen LogP contribution in [0.5, 0.6) is 5.75 Å². The van der Waals surface area contributed by atoms with Crippen molar-refractivity contribution in [1.82, 2.24) is 14.7 Å². The molecule has 15 heteroatoms. The van der Waals surface area contributed by atoms with Crippen molar-refractivity contribution in [2.45, 2.75) is 35.2 Å². The van der Waals surface area contributed by atoms with Crippen LogP contribution in [0.4, 0.5) is 5.69 Å². The van der Waals surface area contributed by atoms with Crippen LogP contribution in [0.25, 0.3) is 0 Å². The standard InChI is InChI=1S/C30H35ClN4O7S3/c1-32-13-3-2-4-27(32)35-29(37)24(34(30(35)43)14-17-41-19-16-36)10-12-28-33(25-20-21(31)5-11-26(25)44-28)15-18-42-22-6-8-23(9-7-22)45(38,39)40/h5-12,20,27,36H,2-4,13-19H2,1H3,(H,38,39,40)/b24-10+,28-12?. The molecule has 2 N–H and O–H groups in total. The maximum atomic E-state index is 13.9. The summed E-state index contributed by atoms with van der Waals surface area (Å²) in [6.07, 6.45) is 6.50. The van der Waals surface area contributed by atoms with Gasteiger partial charge in [0, 0.05) is 16.5 Å². The lowest BCUT2D eigenvalue weighted by Crippen LogP contribution is -2.52. The van der Waals surface area contributed by atoms with Crippen LogP contribution in [0.1, 0.15) is 19.3 Å². The first-order valence-electron chi connectivity index (χ1n) is 14.5. The number of piperidine rings is 1. The Bertz CT molecular complexity index is 1590. The number of nitrogens with zero attached hydrogens (tertiary/aromatic N) is 4. The van der Waals surface area contributed by atoms with Gasteiger partial charge in [-0.3, -0.25) is 19.1 Å². The van der Waals surface area contributed by atoms with Gasteiger partial charge in [0.15, 0.2) is 5.11 Å². The first-order valence-corrected chi connectivity index (χ1v) is 17.5. The third-order valence-corrected chi connectivity index (χ3v) is 10.3. The van der Waals surface area contributed by atoms with Crippen LogP contribution in [0.15, 0.2) is 75.1 Å². The lowest BCUT2D eigenvalue weighted by atomic mass is 10.1. The van der Waals surface area contributed by atoms with Crippen molar-refractivity contribution >= 4 is 62.4 Å².